The first-order valence-corrected chi connectivity index (χ1v) is 8.17. The number of hydrogen-bond donors (Lipinski definition) is 0. The first-order valence-electron chi connectivity index (χ1n) is 8.17. The number of rotatable bonds is 5. The molecule has 1 atom stereocenters. The lowest BCUT2D eigenvalue weighted by atomic mass is 10.0. The van der Waals surface area contributed by atoms with Crippen LogP contribution in [0, 0.1) is 0 Å². The Bertz CT molecular complexity index is 723. The Morgan fingerprint density at radius 1 is 1.16 bits per heavy atom. The van der Waals surface area contributed by atoms with Gasteiger partial charge in [-0.05, 0) is 30.2 Å². The number of pyridine rings is 1. The number of hydrogen-bond acceptors (Lipinski definition) is 5. The summed E-state index contributed by atoms with van der Waals surface area (Å²) in [6.07, 6.45) is 4.57. The van der Waals surface area contributed by atoms with Gasteiger partial charge in [-0.25, -0.2) is 0 Å². The lowest BCUT2D eigenvalue weighted by Crippen LogP contribution is -2.28. The molecular formula is C19H22N2O4. The van der Waals surface area contributed by atoms with Crippen LogP contribution in [0.4, 0.5) is 0 Å². The summed E-state index contributed by atoms with van der Waals surface area (Å²) in [4.78, 5) is 18.9. The normalized spacial score (nSPS) is 16.6. The molecule has 0 saturated carbocycles. The zero-order valence-electron chi connectivity index (χ0n) is 14.7. The Kier molecular flexibility index (Phi) is 5.07. The first kappa shape index (κ1) is 17.1. The lowest BCUT2D eigenvalue weighted by Gasteiger charge is -2.19. The number of carbonyl (C=O) groups is 1. The molecule has 2 aromatic rings. The third kappa shape index (κ3) is 3.38. The van der Waals surface area contributed by atoms with Crippen LogP contribution >= 0.6 is 0 Å². The molecule has 2 heterocycles. The summed E-state index contributed by atoms with van der Waals surface area (Å²) in [5.41, 5.74) is 1.70. The zero-order chi connectivity index (χ0) is 17.8. The van der Waals surface area contributed by atoms with Crippen molar-refractivity contribution in [2.24, 2.45) is 0 Å². The SMILES string of the molecule is COc1cc(C(=O)N2CCC(c3cccnc3)C2)cc(OC)c1OC. The quantitative estimate of drug-likeness (QED) is 0.836. The molecule has 25 heavy (non-hydrogen) atoms. The standard InChI is InChI=1S/C19H22N2O4/c1-23-16-9-15(10-17(24-2)18(16)25-3)19(22)21-8-6-14(12-21)13-5-4-7-20-11-13/h4-5,7,9-11,14H,6,8,12H2,1-3H3. The number of likely N-dealkylation sites (tertiary alicyclic amines) is 1. The van der Waals surface area contributed by atoms with Gasteiger partial charge in [0.25, 0.3) is 5.91 Å². The van der Waals surface area contributed by atoms with Crippen LogP contribution in [0.15, 0.2) is 36.7 Å². The largest absolute Gasteiger partial charge is 0.493 e. The van der Waals surface area contributed by atoms with Crippen LogP contribution in [-0.2, 0) is 0 Å². The Hall–Kier alpha value is -2.76. The highest BCUT2D eigenvalue weighted by Crippen LogP contribution is 2.39. The summed E-state index contributed by atoms with van der Waals surface area (Å²) in [5, 5.41) is 0. The maximum Gasteiger partial charge on any atom is 0.254 e. The van der Waals surface area contributed by atoms with Crippen LogP contribution in [0.25, 0.3) is 0 Å². The van der Waals surface area contributed by atoms with Gasteiger partial charge in [-0.3, -0.25) is 9.78 Å². The van der Waals surface area contributed by atoms with Gasteiger partial charge in [-0.15, -0.1) is 0 Å². The molecule has 0 spiro atoms. The van der Waals surface area contributed by atoms with E-state index in [0.29, 0.717) is 35.3 Å². The van der Waals surface area contributed by atoms with E-state index in [9.17, 15) is 4.79 Å². The summed E-state index contributed by atoms with van der Waals surface area (Å²) in [6, 6.07) is 7.38. The fraction of sp³-hybridized carbons (Fsp3) is 0.368. The summed E-state index contributed by atoms with van der Waals surface area (Å²) < 4.78 is 16.0. The molecule has 0 bridgehead atoms. The number of aromatic nitrogens is 1. The van der Waals surface area contributed by atoms with E-state index in [1.165, 1.54) is 5.56 Å². The van der Waals surface area contributed by atoms with Crippen LogP contribution in [0.2, 0.25) is 0 Å². The van der Waals surface area contributed by atoms with Gasteiger partial charge in [-0.2, -0.15) is 0 Å². The smallest absolute Gasteiger partial charge is 0.254 e. The summed E-state index contributed by atoms with van der Waals surface area (Å²) in [6.45, 7) is 1.40. The van der Waals surface area contributed by atoms with Gasteiger partial charge in [0.2, 0.25) is 5.75 Å². The Labute approximate surface area is 147 Å². The van der Waals surface area contributed by atoms with Crippen molar-refractivity contribution in [3.63, 3.8) is 0 Å². The van der Waals surface area contributed by atoms with Crippen LogP contribution in [0.5, 0.6) is 17.2 Å². The first-order chi connectivity index (χ1) is 12.2. The maximum absolute atomic E-state index is 12.9. The van der Waals surface area contributed by atoms with Gasteiger partial charge in [0.05, 0.1) is 21.3 Å². The van der Waals surface area contributed by atoms with Gasteiger partial charge in [0.15, 0.2) is 11.5 Å². The minimum atomic E-state index is -0.0364. The number of methoxy groups -OCH3 is 3. The minimum absolute atomic E-state index is 0.0364. The maximum atomic E-state index is 12.9. The molecule has 1 aliphatic rings. The number of ether oxygens (including phenoxy) is 3. The molecule has 3 rings (SSSR count). The molecular weight excluding hydrogens is 320 g/mol. The molecule has 6 nitrogen and oxygen atoms in total. The van der Waals surface area contributed by atoms with Gasteiger partial charge >= 0.3 is 0 Å². The lowest BCUT2D eigenvalue weighted by molar-refractivity contribution is 0.0790. The van der Waals surface area contributed by atoms with Gasteiger partial charge in [0, 0.05) is 37.0 Å². The molecule has 1 aromatic carbocycles. The topological polar surface area (TPSA) is 60.9 Å². The molecule has 1 aliphatic heterocycles. The molecule has 0 N–H and O–H groups in total. The van der Waals surface area contributed by atoms with E-state index in [-0.39, 0.29) is 5.91 Å². The van der Waals surface area contributed by atoms with Gasteiger partial charge in [-0.1, -0.05) is 6.07 Å². The van der Waals surface area contributed by atoms with Crippen molar-refractivity contribution in [3.05, 3.63) is 47.8 Å². The summed E-state index contributed by atoms with van der Waals surface area (Å²) in [7, 11) is 4.63. The van der Waals surface area contributed by atoms with Crippen molar-refractivity contribution in [2.45, 2.75) is 12.3 Å². The minimum Gasteiger partial charge on any atom is -0.493 e. The number of carbonyl (C=O) groups excluding carboxylic acids is 1. The van der Waals surface area contributed by atoms with Crippen LogP contribution in [0.1, 0.15) is 28.3 Å². The average Bonchev–Trinajstić information content (AvgIpc) is 3.17. The van der Waals surface area contributed by atoms with E-state index in [2.05, 4.69) is 11.1 Å². The van der Waals surface area contributed by atoms with Crippen molar-refractivity contribution in [2.75, 3.05) is 34.4 Å². The molecule has 0 aliphatic carbocycles. The predicted molar refractivity (Wildman–Crippen MR) is 93.6 cm³/mol. The van der Waals surface area contributed by atoms with Crippen molar-refractivity contribution in [1.82, 2.24) is 9.88 Å². The van der Waals surface area contributed by atoms with E-state index < -0.39 is 0 Å². The van der Waals surface area contributed by atoms with Crippen molar-refractivity contribution < 1.29 is 19.0 Å². The van der Waals surface area contributed by atoms with Gasteiger partial charge < -0.3 is 19.1 Å². The van der Waals surface area contributed by atoms with Crippen molar-refractivity contribution >= 4 is 5.91 Å². The number of amides is 1. The van der Waals surface area contributed by atoms with E-state index in [4.69, 9.17) is 14.2 Å². The summed E-state index contributed by atoms with van der Waals surface area (Å²) in [5.74, 6) is 1.72. The third-order valence-electron chi connectivity index (χ3n) is 4.54. The third-order valence-corrected chi connectivity index (χ3v) is 4.54. The number of benzene rings is 1. The van der Waals surface area contributed by atoms with Crippen molar-refractivity contribution in [3.8, 4) is 17.2 Å². The van der Waals surface area contributed by atoms with E-state index in [1.807, 2.05) is 17.2 Å². The molecule has 1 fully saturated rings. The Morgan fingerprint density at radius 2 is 1.88 bits per heavy atom. The van der Waals surface area contributed by atoms with E-state index in [1.54, 1.807) is 39.7 Å². The highest BCUT2D eigenvalue weighted by molar-refractivity contribution is 5.96. The summed E-state index contributed by atoms with van der Waals surface area (Å²) >= 11 is 0. The fourth-order valence-corrected chi connectivity index (χ4v) is 3.22. The zero-order valence-corrected chi connectivity index (χ0v) is 14.7. The molecule has 1 aromatic heterocycles. The van der Waals surface area contributed by atoms with Crippen LogP contribution < -0.4 is 14.2 Å². The second-order valence-electron chi connectivity index (χ2n) is 5.94. The van der Waals surface area contributed by atoms with Gasteiger partial charge in [0.1, 0.15) is 0 Å². The molecule has 6 heteroatoms. The molecule has 1 saturated heterocycles. The monoisotopic (exact) mass is 342 g/mol. The van der Waals surface area contributed by atoms with Crippen LogP contribution in [-0.4, -0.2) is 50.2 Å². The Balaban J connectivity index is 1.82. The van der Waals surface area contributed by atoms with Crippen molar-refractivity contribution in [1.29, 1.82) is 0 Å². The second-order valence-corrected chi connectivity index (χ2v) is 5.94. The fourth-order valence-electron chi connectivity index (χ4n) is 3.22. The Morgan fingerprint density at radius 3 is 2.44 bits per heavy atom. The molecule has 1 unspecified atom stereocenters. The highest BCUT2D eigenvalue weighted by atomic mass is 16.5. The second kappa shape index (κ2) is 7.42. The molecule has 0 radical (unpaired) electrons. The predicted octanol–water partition coefficient (Wildman–Crippen LogP) is 2.74. The average molecular weight is 342 g/mol. The number of nitrogens with zero attached hydrogens (tertiary/aromatic N) is 2. The highest BCUT2D eigenvalue weighted by Gasteiger charge is 2.29. The van der Waals surface area contributed by atoms with E-state index >= 15 is 0 Å². The van der Waals surface area contributed by atoms with E-state index in [0.717, 1.165) is 13.0 Å². The molecule has 1 amide bonds. The molecule has 132 valence electrons. The van der Waals surface area contributed by atoms with Crippen LogP contribution in [0.3, 0.4) is 0 Å².